The van der Waals surface area contributed by atoms with E-state index in [2.05, 4.69) is 20.9 Å². The summed E-state index contributed by atoms with van der Waals surface area (Å²) in [5.74, 6) is 0. The standard InChI is InChI=1S/C11H19N5S/c17-11(14-10-4-2-1-3-5-10)12-6-8-16-9-7-13-15-16/h7,9-10H,1-6,8H2,(H2,12,14,17). The summed E-state index contributed by atoms with van der Waals surface area (Å²) < 4.78 is 1.79. The first kappa shape index (κ1) is 12.3. The lowest BCUT2D eigenvalue weighted by Gasteiger charge is -2.24. The first-order valence-electron chi connectivity index (χ1n) is 6.23. The summed E-state index contributed by atoms with van der Waals surface area (Å²) in [7, 11) is 0. The highest BCUT2D eigenvalue weighted by Gasteiger charge is 2.13. The Kier molecular flexibility index (Phi) is 4.73. The van der Waals surface area contributed by atoms with E-state index in [0.717, 1.165) is 18.2 Å². The van der Waals surface area contributed by atoms with Gasteiger partial charge in [-0.05, 0) is 25.1 Å². The van der Waals surface area contributed by atoms with Crippen LogP contribution in [0, 0.1) is 0 Å². The second-order valence-corrected chi connectivity index (χ2v) is 4.81. The molecule has 6 heteroatoms. The molecule has 1 aliphatic carbocycles. The maximum Gasteiger partial charge on any atom is 0.166 e. The van der Waals surface area contributed by atoms with E-state index in [1.165, 1.54) is 32.1 Å². The molecule has 94 valence electrons. The first-order valence-corrected chi connectivity index (χ1v) is 6.64. The molecule has 1 heterocycles. The number of thiocarbonyl (C=S) groups is 1. The van der Waals surface area contributed by atoms with Gasteiger partial charge < -0.3 is 10.6 Å². The molecule has 0 spiro atoms. The van der Waals surface area contributed by atoms with Crippen molar-refractivity contribution in [3.05, 3.63) is 12.4 Å². The maximum absolute atomic E-state index is 5.26. The predicted octanol–water partition coefficient (Wildman–Crippen LogP) is 1.07. The van der Waals surface area contributed by atoms with Gasteiger partial charge in [-0.1, -0.05) is 24.5 Å². The molecule has 0 radical (unpaired) electrons. The van der Waals surface area contributed by atoms with Crippen molar-refractivity contribution in [1.82, 2.24) is 25.6 Å². The Morgan fingerprint density at radius 3 is 2.88 bits per heavy atom. The lowest BCUT2D eigenvalue weighted by molar-refractivity contribution is 0.411. The largest absolute Gasteiger partial charge is 0.361 e. The van der Waals surface area contributed by atoms with Gasteiger partial charge in [0.15, 0.2) is 5.11 Å². The Morgan fingerprint density at radius 2 is 2.18 bits per heavy atom. The van der Waals surface area contributed by atoms with Crippen molar-refractivity contribution in [3.8, 4) is 0 Å². The molecule has 2 rings (SSSR count). The Morgan fingerprint density at radius 1 is 1.35 bits per heavy atom. The number of hydrogen-bond acceptors (Lipinski definition) is 3. The van der Waals surface area contributed by atoms with E-state index < -0.39 is 0 Å². The van der Waals surface area contributed by atoms with Crippen LogP contribution in [-0.2, 0) is 6.54 Å². The van der Waals surface area contributed by atoms with Crippen LogP contribution in [0.2, 0.25) is 0 Å². The zero-order chi connectivity index (χ0) is 11.9. The van der Waals surface area contributed by atoms with Crippen LogP contribution < -0.4 is 10.6 Å². The van der Waals surface area contributed by atoms with Crippen LogP contribution >= 0.6 is 12.2 Å². The molecule has 1 saturated carbocycles. The average Bonchev–Trinajstić information content (AvgIpc) is 2.83. The Balaban J connectivity index is 1.60. The van der Waals surface area contributed by atoms with Crippen LogP contribution in [0.5, 0.6) is 0 Å². The third kappa shape index (κ3) is 4.30. The van der Waals surface area contributed by atoms with E-state index in [-0.39, 0.29) is 0 Å². The fourth-order valence-corrected chi connectivity index (χ4v) is 2.39. The van der Waals surface area contributed by atoms with E-state index in [9.17, 15) is 0 Å². The van der Waals surface area contributed by atoms with Gasteiger partial charge in [-0.3, -0.25) is 4.68 Å². The molecule has 17 heavy (non-hydrogen) atoms. The van der Waals surface area contributed by atoms with E-state index in [1.807, 2.05) is 6.20 Å². The molecule has 1 aliphatic rings. The monoisotopic (exact) mass is 253 g/mol. The van der Waals surface area contributed by atoms with Crippen molar-refractivity contribution >= 4 is 17.3 Å². The highest BCUT2D eigenvalue weighted by molar-refractivity contribution is 7.80. The van der Waals surface area contributed by atoms with Crippen molar-refractivity contribution in [2.75, 3.05) is 6.54 Å². The molecule has 0 amide bonds. The van der Waals surface area contributed by atoms with Gasteiger partial charge in [0.25, 0.3) is 0 Å². The number of aromatic nitrogens is 3. The second-order valence-electron chi connectivity index (χ2n) is 4.40. The molecule has 2 N–H and O–H groups in total. The summed E-state index contributed by atoms with van der Waals surface area (Å²) in [5, 5.41) is 15.0. The fourth-order valence-electron chi connectivity index (χ4n) is 2.12. The van der Waals surface area contributed by atoms with Gasteiger partial charge in [0.05, 0.1) is 12.7 Å². The highest BCUT2D eigenvalue weighted by Crippen LogP contribution is 2.17. The van der Waals surface area contributed by atoms with Gasteiger partial charge in [-0.15, -0.1) is 5.10 Å². The Hall–Kier alpha value is -1.17. The van der Waals surface area contributed by atoms with Crippen LogP contribution in [0.1, 0.15) is 32.1 Å². The molecule has 0 aromatic carbocycles. The molecular weight excluding hydrogens is 234 g/mol. The summed E-state index contributed by atoms with van der Waals surface area (Å²) in [6, 6.07) is 0.565. The molecule has 0 bridgehead atoms. The van der Waals surface area contributed by atoms with Gasteiger partial charge in [-0.2, -0.15) is 0 Å². The second kappa shape index (κ2) is 6.54. The van der Waals surface area contributed by atoms with E-state index in [4.69, 9.17) is 12.2 Å². The summed E-state index contributed by atoms with van der Waals surface area (Å²) in [4.78, 5) is 0. The van der Waals surface area contributed by atoms with E-state index in [0.29, 0.717) is 6.04 Å². The van der Waals surface area contributed by atoms with Crippen molar-refractivity contribution in [2.45, 2.75) is 44.7 Å². The SMILES string of the molecule is S=C(NCCn1ccnn1)NC1CCCCC1. The van der Waals surface area contributed by atoms with Crippen LogP contribution in [0.25, 0.3) is 0 Å². The number of rotatable bonds is 4. The van der Waals surface area contributed by atoms with Crippen LogP contribution in [0.3, 0.4) is 0 Å². The quantitative estimate of drug-likeness (QED) is 0.786. The molecule has 0 atom stereocenters. The third-order valence-electron chi connectivity index (χ3n) is 3.04. The summed E-state index contributed by atoms with van der Waals surface area (Å²) in [5.41, 5.74) is 0. The van der Waals surface area contributed by atoms with Crippen molar-refractivity contribution < 1.29 is 0 Å². The minimum Gasteiger partial charge on any atom is -0.361 e. The van der Waals surface area contributed by atoms with Crippen molar-refractivity contribution in [3.63, 3.8) is 0 Å². The van der Waals surface area contributed by atoms with E-state index >= 15 is 0 Å². The summed E-state index contributed by atoms with van der Waals surface area (Å²) in [6.07, 6.45) is 10.0. The number of nitrogens with one attached hydrogen (secondary N) is 2. The molecule has 0 aliphatic heterocycles. The van der Waals surface area contributed by atoms with Gasteiger partial charge in [0.2, 0.25) is 0 Å². The van der Waals surface area contributed by atoms with Crippen molar-refractivity contribution in [2.24, 2.45) is 0 Å². The molecule has 5 nitrogen and oxygen atoms in total. The molecule has 0 saturated heterocycles. The summed E-state index contributed by atoms with van der Waals surface area (Å²) >= 11 is 5.26. The average molecular weight is 253 g/mol. The molecule has 1 fully saturated rings. The van der Waals surface area contributed by atoms with Crippen LogP contribution in [-0.4, -0.2) is 32.7 Å². The van der Waals surface area contributed by atoms with Gasteiger partial charge in [0, 0.05) is 18.8 Å². The van der Waals surface area contributed by atoms with Gasteiger partial charge >= 0.3 is 0 Å². The lowest BCUT2D eigenvalue weighted by atomic mass is 9.96. The van der Waals surface area contributed by atoms with E-state index in [1.54, 1.807) is 10.9 Å². The smallest absolute Gasteiger partial charge is 0.166 e. The molecule has 1 aromatic rings. The molecule has 1 aromatic heterocycles. The third-order valence-corrected chi connectivity index (χ3v) is 3.30. The van der Waals surface area contributed by atoms with Crippen LogP contribution in [0.15, 0.2) is 12.4 Å². The zero-order valence-electron chi connectivity index (χ0n) is 9.93. The van der Waals surface area contributed by atoms with Crippen LogP contribution in [0.4, 0.5) is 0 Å². The molecular formula is C11H19N5S. The number of nitrogens with zero attached hydrogens (tertiary/aromatic N) is 3. The predicted molar refractivity (Wildman–Crippen MR) is 70.6 cm³/mol. The lowest BCUT2D eigenvalue weighted by Crippen LogP contribution is -2.43. The Bertz CT molecular complexity index is 332. The van der Waals surface area contributed by atoms with Gasteiger partial charge in [-0.25, -0.2) is 0 Å². The minimum atomic E-state index is 0.565. The van der Waals surface area contributed by atoms with Crippen molar-refractivity contribution in [1.29, 1.82) is 0 Å². The topological polar surface area (TPSA) is 54.8 Å². The molecule has 0 unspecified atom stereocenters. The highest BCUT2D eigenvalue weighted by atomic mass is 32.1. The number of hydrogen-bond donors (Lipinski definition) is 2. The normalized spacial score (nSPS) is 16.7. The minimum absolute atomic E-state index is 0.565. The van der Waals surface area contributed by atoms with Gasteiger partial charge in [0.1, 0.15) is 0 Å². The summed E-state index contributed by atoms with van der Waals surface area (Å²) in [6.45, 7) is 1.56. The maximum atomic E-state index is 5.26. The first-order chi connectivity index (χ1) is 8.34. The Labute approximate surface area is 107 Å². The zero-order valence-corrected chi connectivity index (χ0v) is 10.7. The fraction of sp³-hybridized carbons (Fsp3) is 0.727.